The Labute approximate surface area is 120 Å². The fourth-order valence-electron chi connectivity index (χ4n) is 2.41. The fraction of sp³-hybridized carbons (Fsp3) is 0.571. The predicted octanol–water partition coefficient (Wildman–Crippen LogP) is 1.29. The van der Waals surface area contributed by atoms with E-state index in [-0.39, 0.29) is 6.04 Å². The molecule has 2 rings (SSSR count). The van der Waals surface area contributed by atoms with Gasteiger partial charge in [-0.05, 0) is 19.0 Å². The first-order chi connectivity index (χ1) is 9.47. The van der Waals surface area contributed by atoms with Crippen molar-refractivity contribution in [2.75, 3.05) is 26.0 Å². The maximum absolute atomic E-state index is 11.0. The molecular formula is C14H22N2O3S. The molecule has 0 aliphatic carbocycles. The molecule has 0 fully saturated rings. The number of rotatable bonds is 6. The lowest BCUT2D eigenvalue weighted by Crippen LogP contribution is -2.35. The van der Waals surface area contributed by atoms with E-state index in [2.05, 4.69) is 23.0 Å². The van der Waals surface area contributed by atoms with Crippen molar-refractivity contribution in [1.82, 2.24) is 10.0 Å². The molecule has 6 heteroatoms. The van der Waals surface area contributed by atoms with Crippen LogP contribution < -0.4 is 14.8 Å². The fourth-order valence-corrected chi connectivity index (χ4v) is 2.92. The molecule has 2 atom stereocenters. The Morgan fingerprint density at radius 2 is 2.05 bits per heavy atom. The minimum Gasteiger partial charge on any atom is -0.493 e. The van der Waals surface area contributed by atoms with Crippen molar-refractivity contribution in [2.45, 2.75) is 19.4 Å². The zero-order chi connectivity index (χ0) is 14.6. The van der Waals surface area contributed by atoms with E-state index in [9.17, 15) is 8.42 Å². The number of para-hydroxylation sites is 1. The SMILES string of the molecule is CC1COc2ccccc2C1NCCCNS(C)(=O)=O. The van der Waals surface area contributed by atoms with Crippen molar-refractivity contribution in [3.8, 4) is 5.75 Å². The van der Waals surface area contributed by atoms with Crippen molar-refractivity contribution < 1.29 is 13.2 Å². The standard InChI is InChI=1S/C14H22N2O3S/c1-11-10-19-13-7-4-3-6-12(13)14(11)15-8-5-9-16-20(2,17)18/h3-4,6-7,11,14-16H,5,8-10H2,1-2H3. The molecule has 2 unspecified atom stereocenters. The van der Waals surface area contributed by atoms with Gasteiger partial charge >= 0.3 is 0 Å². The number of hydrogen-bond donors (Lipinski definition) is 2. The first-order valence-corrected chi connectivity index (χ1v) is 8.76. The Morgan fingerprint density at radius 3 is 2.80 bits per heavy atom. The third kappa shape index (κ3) is 4.19. The number of benzene rings is 1. The summed E-state index contributed by atoms with van der Waals surface area (Å²) in [5, 5.41) is 3.50. The van der Waals surface area contributed by atoms with E-state index in [0.717, 1.165) is 18.7 Å². The van der Waals surface area contributed by atoms with Crippen molar-refractivity contribution >= 4 is 10.0 Å². The van der Waals surface area contributed by atoms with Gasteiger partial charge in [0.05, 0.1) is 12.9 Å². The van der Waals surface area contributed by atoms with E-state index < -0.39 is 10.0 Å². The monoisotopic (exact) mass is 298 g/mol. The molecular weight excluding hydrogens is 276 g/mol. The molecule has 1 aliphatic rings. The molecule has 2 N–H and O–H groups in total. The molecule has 1 aliphatic heterocycles. The van der Waals surface area contributed by atoms with Crippen molar-refractivity contribution in [2.24, 2.45) is 5.92 Å². The van der Waals surface area contributed by atoms with Crippen LogP contribution in [0.3, 0.4) is 0 Å². The van der Waals surface area contributed by atoms with Crippen LogP contribution in [0, 0.1) is 5.92 Å². The average Bonchev–Trinajstić information content (AvgIpc) is 2.39. The number of hydrogen-bond acceptors (Lipinski definition) is 4. The highest BCUT2D eigenvalue weighted by molar-refractivity contribution is 7.88. The number of ether oxygens (including phenoxy) is 1. The van der Waals surface area contributed by atoms with Crippen LogP contribution in [-0.2, 0) is 10.0 Å². The highest BCUT2D eigenvalue weighted by Gasteiger charge is 2.26. The molecule has 20 heavy (non-hydrogen) atoms. The van der Waals surface area contributed by atoms with Gasteiger partial charge in [-0.1, -0.05) is 25.1 Å². The first kappa shape index (κ1) is 15.3. The van der Waals surface area contributed by atoms with E-state index in [0.29, 0.717) is 19.1 Å². The lowest BCUT2D eigenvalue weighted by Gasteiger charge is -2.32. The highest BCUT2D eigenvalue weighted by atomic mass is 32.2. The van der Waals surface area contributed by atoms with Gasteiger partial charge in [-0.3, -0.25) is 0 Å². The van der Waals surface area contributed by atoms with Gasteiger partial charge in [-0.15, -0.1) is 0 Å². The lowest BCUT2D eigenvalue weighted by molar-refractivity contribution is 0.188. The number of nitrogens with one attached hydrogen (secondary N) is 2. The molecule has 1 heterocycles. The van der Waals surface area contributed by atoms with Gasteiger partial charge in [-0.25, -0.2) is 13.1 Å². The smallest absolute Gasteiger partial charge is 0.208 e. The van der Waals surface area contributed by atoms with Crippen molar-refractivity contribution in [3.05, 3.63) is 29.8 Å². The summed E-state index contributed by atoms with van der Waals surface area (Å²) in [7, 11) is -3.09. The number of fused-ring (bicyclic) bond motifs is 1. The minimum atomic E-state index is -3.09. The van der Waals surface area contributed by atoms with Gasteiger partial charge < -0.3 is 10.1 Å². The zero-order valence-electron chi connectivity index (χ0n) is 11.9. The molecule has 0 bridgehead atoms. The van der Waals surface area contributed by atoms with E-state index in [4.69, 9.17) is 4.74 Å². The van der Waals surface area contributed by atoms with Crippen LogP contribution in [-0.4, -0.2) is 34.4 Å². The lowest BCUT2D eigenvalue weighted by atomic mass is 9.92. The largest absolute Gasteiger partial charge is 0.493 e. The molecule has 0 amide bonds. The zero-order valence-corrected chi connectivity index (χ0v) is 12.7. The molecule has 1 aromatic carbocycles. The van der Waals surface area contributed by atoms with E-state index in [1.165, 1.54) is 11.8 Å². The summed E-state index contributed by atoms with van der Waals surface area (Å²) in [6, 6.07) is 8.32. The Balaban J connectivity index is 1.86. The van der Waals surface area contributed by atoms with Crippen LogP contribution in [0.5, 0.6) is 5.75 Å². The summed E-state index contributed by atoms with van der Waals surface area (Å²) in [5.41, 5.74) is 1.18. The number of sulfonamides is 1. The van der Waals surface area contributed by atoms with E-state index in [1.54, 1.807) is 0 Å². The summed E-state index contributed by atoms with van der Waals surface area (Å²) >= 11 is 0. The third-order valence-corrected chi connectivity index (χ3v) is 4.14. The maximum Gasteiger partial charge on any atom is 0.208 e. The second kappa shape index (κ2) is 6.56. The Morgan fingerprint density at radius 1 is 1.30 bits per heavy atom. The topological polar surface area (TPSA) is 67.4 Å². The highest BCUT2D eigenvalue weighted by Crippen LogP contribution is 2.34. The molecule has 0 spiro atoms. The summed E-state index contributed by atoms with van der Waals surface area (Å²) < 4.78 is 30.1. The quantitative estimate of drug-likeness (QED) is 0.777. The van der Waals surface area contributed by atoms with Crippen LogP contribution in [0.1, 0.15) is 24.9 Å². The third-order valence-electron chi connectivity index (χ3n) is 3.41. The van der Waals surface area contributed by atoms with Crippen LogP contribution in [0.4, 0.5) is 0 Å². The van der Waals surface area contributed by atoms with Crippen LogP contribution in [0.2, 0.25) is 0 Å². The summed E-state index contributed by atoms with van der Waals surface area (Å²) in [5.74, 6) is 1.34. The normalized spacial score (nSPS) is 22.1. The Hall–Kier alpha value is -1.11. The average molecular weight is 298 g/mol. The summed E-state index contributed by atoms with van der Waals surface area (Å²) in [6.45, 7) is 4.09. The molecule has 0 radical (unpaired) electrons. The van der Waals surface area contributed by atoms with E-state index >= 15 is 0 Å². The maximum atomic E-state index is 11.0. The molecule has 0 aromatic heterocycles. The van der Waals surface area contributed by atoms with Gasteiger partial charge in [0.25, 0.3) is 0 Å². The van der Waals surface area contributed by atoms with Crippen LogP contribution >= 0.6 is 0 Å². The van der Waals surface area contributed by atoms with Crippen LogP contribution in [0.15, 0.2) is 24.3 Å². The molecule has 1 aromatic rings. The molecule has 112 valence electrons. The first-order valence-electron chi connectivity index (χ1n) is 6.87. The van der Waals surface area contributed by atoms with Gasteiger partial charge in [0, 0.05) is 24.1 Å². The molecule has 0 saturated heterocycles. The summed E-state index contributed by atoms with van der Waals surface area (Å²) in [4.78, 5) is 0. The Bertz CT molecular complexity index is 545. The van der Waals surface area contributed by atoms with Gasteiger partial charge in [0.1, 0.15) is 5.75 Å². The van der Waals surface area contributed by atoms with Crippen molar-refractivity contribution in [1.29, 1.82) is 0 Å². The minimum absolute atomic E-state index is 0.262. The van der Waals surface area contributed by atoms with Crippen molar-refractivity contribution in [3.63, 3.8) is 0 Å². The van der Waals surface area contributed by atoms with Crippen LogP contribution in [0.25, 0.3) is 0 Å². The Kier molecular flexibility index (Phi) is 5.01. The van der Waals surface area contributed by atoms with E-state index in [1.807, 2.05) is 18.2 Å². The van der Waals surface area contributed by atoms with Gasteiger partial charge in [0.15, 0.2) is 0 Å². The molecule has 5 nitrogen and oxygen atoms in total. The predicted molar refractivity (Wildman–Crippen MR) is 79.3 cm³/mol. The van der Waals surface area contributed by atoms with Gasteiger partial charge in [-0.2, -0.15) is 0 Å². The second-order valence-corrected chi connectivity index (χ2v) is 7.11. The van der Waals surface area contributed by atoms with Gasteiger partial charge in [0.2, 0.25) is 10.0 Å². The summed E-state index contributed by atoms with van der Waals surface area (Å²) in [6.07, 6.45) is 1.94. The molecule has 0 saturated carbocycles. The second-order valence-electron chi connectivity index (χ2n) is 5.28.